The molecule has 0 aliphatic carbocycles. The third-order valence-corrected chi connectivity index (χ3v) is 6.42. The van der Waals surface area contributed by atoms with Crippen molar-refractivity contribution in [1.29, 1.82) is 0 Å². The van der Waals surface area contributed by atoms with Crippen LogP contribution in [0.5, 0.6) is 0 Å². The second kappa shape index (κ2) is 14.7. The minimum Gasteiger partial charge on any atom is -0.328 e. The van der Waals surface area contributed by atoms with Crippen LogP contribution in [0.25, 0.3) is 0 Å². The van der Waals surface area contributed by atoms with E-state index >= 15 is 0 Å². The normalized spacial score (nSPS) is 12.5. The van der Waals surface area contributed by atoms with E-state index in [1.807, 2.05) is 74.5 Å². The molecule has 38 heavy (non-hydrogen) atoms. The summed E-state index contributed by atoms with van der Waals surface area (Å²) in [5, 5.41) is 10.8. The molecular weight excluding hydrogens is 482 g/mol. The molecule has 3 N–H and O–H groups in total. The highest BCUT2D eigenvalue weighted by Gasteiger charge is 2.35. The lowest BCUT2D eigenvalue weighted by Crippen LogP contribution is -2.51. The Hall–Kier alpha value is -3.98. The summed E-state index contributed by atoms with van der Waals surface area (Å²) in [7, 11) is 0. The van der Waals surface area contributed by atoms with Gasteiger partial charge in [-0.25, -0.2) is 15.5 Å². The lowest BCUT2D eigenvalue weighted by atomic mass is 9.81. The van der Waals surface area contributed by atoms with Crippen molar-refractivity contribution < 1.29 is 19.6 Å². The van der Waals surface area contributed by atoms with E-state index in [2.05, 4.69) is 10.4 Å². The highest BCUT2D eigenvalue weighted by Crippen LogP contribution is 2.27. The van der Waals surface area contributed by atoms with Gasteiger partial charge in [0, 0.05) is 12.4 Å². The van der Waals surface area contributed by atoms with Crippen molar-refractivity contribution >= 4 is 17.7 Å². The number of aromatic nitrogens is 2. The molecule has 0 unspecified atom stereocenters. The molecule has 3 aromatic rings. The van der Waals surface area contributed by atoms with Gasteiger partial charge in [0.2, 0.25) is 11.8 Å². The zero-order chi connectivity index (χ0) is 27.3. The second-order valence-electron chi connectivity index (χ2n) is 9.87. The average Bonchev–Trinajstić information content (AvgIpc) is 3.43. The molecule has 0 radical (unpaired) electrons. The highest BCUT2D eigenvalue weighted by molar-refractivity contribution is 5.88. The zero-order valence-electron chi connectivity index (χ0n) is 22.0. The molecular formula is C29H37N5O4. The largest absolute Gasteiger partial charge is 0.328 e. The van der Waals surface area contributed by atoms with Gasteiger partial charge in [-0.05, 0) is 42.7 Å². The van der Waals surface area contributed by atoms with Crippen LogP contribution in [0.3, 0.4) is 0 Å². The monoisotopic (exact) mass is 519 g/mol. The molecule has 9 heteroatoms. The smallest absolute Gasteiger partial charge is 0.261 e. The van der Waals surface area contributed by atoms with Gasteiger partial charge in [-0.15, -0.1) is 0 Å². The van der Waals surface area contributed by atoms with Gasteiger partial charge in [0.25, 0.3) is 5.91 Å². The average molecular weight is 520 g/mol. The standard InChI is InChI=1S/C29H37N5O4/c1-22(2)18-26(25(29(37)32-38)15-9-14-23-10-5-3-6-11-23)28(36)31-34(19-24-12-7-4-8-13-24)27(35)20-33-17-16-30-21-33/h3-8,10-13,16-17,21-22,25-26,38H,9,14-15,18-20H2,1-2H3,(H,31,36)(H,32,37)/t25-,26+/m0/s1. The van der Waals surface area contributed by atoms with Crippen LogP contribution in [0, 0.1) is 17.8 Å². The summed E-state index contributed by atoms with van der Waals surface area (Å²) < 4.78 is 1.63. The van der Waals surface area contributed by atoms with Crippen molar-refractivity contribution in [1.82, 2.24) is 25.5 Å². The molecule has 0 fully saturated rings. The van der Waals surface area contributed by atoms with Crippen LogP contribution >= 0.6 is 0 Å². The van der Waals surface area contributed by atoms with Crippen LogP contribution in [0.4, 0.5) is 0 Å². The van der Waals surface area contributed by atoms with Gasteiger partial charge in [0.1, 0.15) is 6.54 Å². The number of imidazole rings is 1. The summed E-state index contributed by atoms with van der Waals surface area (Å²) in [4.78, 5) is 43.7. The molecule has 3 amide bonds. The van der Waals surface area contributed by atoms with Crippen LogP contribution in [0.1, 0.15) is 44.2 Å². The Labute approximate surface area is 223 Å². The fraction of sp³-hybridized carbons (Fsp3) is 0.379. The fourth-order valence-electron chi connectivity index (χ4n) is 4.52. The van der Waals surface area contributed by atoms with Gasteiger partial charge >= 0.3 is 0 Å². The van der Waals surface area contributed by atoms with Gasteiger partial charge in [-0.1, -0.05) is 74.5 Å². The Morgan fingerprint density at radius 1 is 0.947 bits per heavy atom. The van der Waals surface area contributed by atoms with Crippen molar-refractivity contribution in [2.45, 2.75) is 52.6 Å². The number of nitrogens with zero attached hydrogens (tertiary/aromatic N) is 3. The van der Waals surface area contributed by atoms with Gasteiger partial charge in [-0.2, -0.15) is 0 Å². The van der Waals surface area contributed by atoms with Crippen molar-refractivity contribution in [2.24, 2.45) is 17.8 Å². The second-order valence-corrected chi connectivity index (χ2v) is 9.87. The number of nitrogens with one attached hydrogen (secondary N) is 2. The molecule has 0 spiro atoms. The number of hydrogen-bond acceptors (Lipinski definition) is 5. The molecule has 1 heterocycles. The van der Waals surface area contributed by atoms with Crippen molar-refractivity contribution in [3.8, 4) is 0 Å². The van der Waals surface area contributed by atoms with Crippen LogP contribution in [-0.4, -0.2) is 37.5 Å². The summed E-state index contributed by atoms with van der Waals surface area (Å²) in [5.41, 5.74) is 6.54. The third-order valence-electron chi connectivity index (χ3n) is 6.42. The maximum absolute atomic E-state index is 13.7. The van der Waals surface area contributed by atoms with Crippen molar-refractivity contribution in [3.63, 3.8) is 0 Å². The Morgan fingerprint density at radius 3 is 2.18 bits per heavy atom. The van der Waals surface area contributed by atoms with E-state index in [-0.39, 0.29) is 24.9 Å². The van der Waals surface area contributed by atoms with Gasteiger partial charge in [0.05, 0.1) is 24.7 Å². The number of hydroxylamine groups is 1. The molecule has 2 aromatic carbocycles. The first kappa shape index (κ1) is 28.6. The minimum atomic E-state index is -0.756. The molecule has 0 bridgehead atoms. The summed E-state index contributed by atoms with van der Waals surface area (Å²) >= 11 is 0. The predicted molar refractivity (Wildman–Crippen MR) is 143 cm³/mol. The summed E-state index contributed by atoms with van der Waals surface area (Å²) in [6.45, 7) is 4.12. The van der Waals surface area contributed by atoms with E-state index in [1.165, 1.54) is 11.3 Å². The highest BCUT2D eigenvalue weighted by atomic mass is 16.5. The van der Waals surface area contributed by atoms with E-state index in [1.54, 1.807) is 22.4 Å². The van der Waals surface area contributed by atoms with Gasteiger partial charge < -0.3 is 4.57 Å². The first-order chi connectivity index (χ1) is 18.4. The summed E-state index contributed by atoms with van der Waals surface area (Å²) in [5.74, 6) is -2.74. The van der Waals surface area contributed by atoms with E-state index < -0.39 is 23.7 Å². The maximum Gasteiger partial charge on any atom is 0.261 e. The topological polar surface area (TPSA) is 117 Å². The fourth-order valence-corrected chi connectivity index (χ4v) is 4.52. The molecule has 2 atom stereocenters. The van der Waals surface area contributed by atoms with Crippen molar-refractivity contribution in [2.75, 3.05) is 0 Å². The van der Waals surface area contributed by atoms with Crippen LogP contribution in [-0.2, 0) is 33.9 Å². The Balaban J connectivity index is 1.79. The minimum absolute atomic E-state index is 0.000406. The van der Waals surface area contributed by atoms with E-state index in [9.17, 15) is 19.6 Å². The first-order valence-corrected chi connectivity index (χ1v) is 13.0. The quantitative estimate of drug-likeness (QED) is 0.235. The molecule has 3 rings (SSSR count). The van der Waals surface area contributed by atoms with Gasteiger partial charge in [0.15, 0.2) is 0 Å². The van der Waals surface area contributed by atoms with E-state index in [0.717, 1.165) is 17.5 Å². The summed E-state index contributed by atoms with van der Waals surface area (Å²) in [6, 6.07) is 19.3. The Morgan fingerprint density at radius 2 is 1.61 bits per heavy atom. The van der Waals surface area contributed by atoms with Crippen LogP contribution in [0.15, 0.2) is 79.4 Å². The number of benzene rings is 2. The Kier molecular flexibility index (Phi) is 11.0. The van der Waals surface area contributed by atoms with Crippen molar-refractivity contribution in [3.05, 3.63) is 90.5 Å². The molecule has 0 aliphatic heterocycles. The predicted octanol–water partition coefficient (Wildman–Crippen LogP) is 3.75. The first-order valence-electron chi connectivity index (χ1n) is 13.0. The van der Waals surface area contributed by atoms with Crippen LogP contribution < -0.4 is 10.9 Å². The number of amides is 3. The summed E-state index contributed by atoms with van der Waals surface area (Å²) in [6.07, 6.45) is 7.04. The molecule has 0 aliphatic rings. The molecule has 1 aromatic heterocycles. The molecule has 202 valence electrons. The zero-order valence-corrected chi connectivity index (χ0v) is 22.0. The number of rotatable bonds is 13. The number of carbonyl (C=O) groups is 3. The number of aryl methyl sites for hydroxylation is 1. The Bertz CT molecular complexity index is 1140. The molecule has 9 nitrogen and oxygen atoms in total. The van der Waals surface area contributed by atoms with Gasteiger partial charge in [-0.3, -0.25) is 25.0 Å². The third kappa shape index (κ3) is 8.85. The lowest BCUT2D eigenvalue weighted by Gasteiger charge is -2.30. The lowest BCUT2D eigenvalue weighted by molar-refractivity contribution is -0.148. The van der Waals surface area contributed by atoms with E-state index in [0.29, 0.717) is 19.3 Å². The number of hydrazine groups is 1. The van der Waals surface area contributed by atoms with Crippen LogP contribution in [0.2, 0.25) is 0 Å². The molecule has 0 saturated heterocycles. The molecule has 0 saturated carbocycles. The SMILES string of the molecule is CC(C)C[C@@H](C(=O)NN(Cc1ccccc1)C(=O)Cn1ccnc1)[C@H](CCCc1ccccc1)C(=O)NO. The maximum atomic E-state index is 13.7. The number of hydrogen-bond donors (Lipinski definition) is 3. The number of carbonyl (C=O) groups excluding carboxylic acids is 3. The van der Waals surface area contributed by atoms with E-state index in [4.69, 9.17) is 0 Å².